The van der Waals surface area contributed by atoms with Crippen LogP contribution in [0.3, 0.4) is 0 Å². The van der Waals surface area contributed by atoms with Gasteiger partial charge < -0.3 is 19.5 Å². The molecule has 1 aliphatic heterocycles. The van der Waals surface area contributed by atoms with Gasteiger partial charge >= 0.3 is 12.4 Å². The summed E-state index contributed by atoms with van der Waals surface area (Å²) in [6.45, 7) is 8.31. The molecule has 4 rings (SSSR count). The van der Waals surface area contributed by atoms with Gasteiger partial charge in [0.15, 0.2) is 5.67 Å². The van der Waals surface area contributed by atoms with Crippen molar-refractivity contribution in [3.63, 3.8) is 0 Å². The number of methoxy groups -OCH3 is 1. The molecule has 0 aliphatic carbocycles. The average molecular weight is 608 g/mol. The summed E-state index contributed by atoms with van der Waals surface area (Å²) < 4.78 is 71.1. The number of para-hydroxylation sites is 1. The molecule has 0 bridgehead atoms. The predicted molar refractivity (Wildman–Crippen MR) is 153 cm³/mol. The Morgan fingerprint density at radius 1 is 1.12 bits per heavy atom. The lowest BCUT2D eigenvalue weighted by atomic mass is 10.1. The first-order chi connectivity index (χ1) is 20.2. The fourth-order valence-electron chi connectivity index (χ4n) is 4.82. The number of benzene rings is 2. The molecule has 0 saturated carbocycles. The fraction of sp³-hybridized carbons (Fsp3) is 0.467. The van der Waals surface area contributed by atoms with Crippen LogP contribution in [-0.2, 0) is 17.9 Å². The van der Waals surface area contributed by atoms with Crippen molar-refractivity contribution in [3.8, 4) is 17.3 Å². The highest BCUT2D eigenvalue weighted by Gasteiger charge is 2.43. The first-order valence-corrected chi connectivity index (χ1v) is 13.8. The van der Waals surface area contributed by atoms with Gasteiger partial charge in [0.2, 0.25) is 5.88 Å². The van der Waals surface area contributed by atoms with Gasteiger partial charge in [-0.05, 0) is 63.9 Å². The van der Waals surface area contributed by atoms with Gasteiger partial charge in [-0.25, -0.2) is 13.9 Å². The summed E-state index contributed by atoms with van der Waals surface area (Å²) in [5, 5.41) is 9.81. The van der Waals surface area contributed by atoms with E-state index in [0.29, 0.717) is 29.8 Å². The number of ether oxygens (including phenoxy) is 3. The maximum atomic E-state index is 15.7. The van der Waals surface area contributed by atoms with Crippen molar-refractivity contribution >= 4 is 11.8 Å². The van der Waals surface area contributed by atoms with Crippen LogP contribution < -0.4 is 20.1 Å². The molecule has 1 atom stereocenters. The number of hydrogen-bond donors (Lipinski definition) is 2. The number of halogens is 4. The number of alkyl halides is 4. The second-order valence-electron chi connectivity index (χ2n) is 11.5. The molecule has 234 valence electrons. The quantitative estimate of drug-likeness (QED) is 0.269. The second kappa shape index (κ2) is 12.8. The molecule has 9 nitrogen and oxygen atoms in total. The second-order valence-corrected chi connectivity index (χ2v) is 11.5. The summed E-state index contributed by atoms with van der Waals surface area (Å²) in [4.78, 5) is 15.1. The lowest BCUT2D eigenvalue weighted by Crippen LogP contribution is -2.43. The van der Waals surface area contributed by atoms with E-state index in [9.17, 15) is 18.0 Å². The van der Waals surface area contributed by atoms with E-state index < -0.39 is 23.8 Å². The smallest absolute Gasteiger partial charge is 0.473 e. The van der Waals surface area contributed by atoms with Crippen LogP contribution in [0.2, 0.25) is 0 Å². The molecule has 0 radical (unpaired) electrons. The van der Waals surface area contributed by atoms with Crippen LogP contribution in [-0.4, -0.2) is 65.1 Å². The number of hydrogen-bond acceptors (Lipinski definition) is 6. The molecule has 2 N–H and O–H groups in total. The maximum absolute atomic E-state index is 15.7. The van der Waals surface area contributed by atoms with E-state index in [1.54, 1.807) is 31.2 Å². The van der Waals surface area contributed by atoms with Crippen LogP contribution in [0.1, 0.15) is 43.9 Å². The Labute approximate surface area is 248 Å². The average Bonchev–Trinajstić information content (AvgIpc) is 3.48. The standard InChI is InChI=1S/C30H37F4N5O4/c1-20-25(36-27(40)35-16-22-15-21(17-41-5)11-12-24(22)43-30(32,33)34)39(23-9-7-6-8-10-23)37-26(20)42-19-29(31)13-14-38(18-29)28(2,3)4/h6-12,15H,13-14,16-19H2,1-5H3,(H2,35,36,40). The lowest BCUT2D eigenvalue weighted by molar-refractivity contribution is -0.274. The minimum atomic E-state index is -4.91. The Kier molecular flexibility index (Phi) is 9.55. The van der Waals surface area contributed by atoms with Gasteiger partial charge in [0.05, 0.1) is 17.9 Å². The third kappa shape index (κ3) is 8.38. The predicted octanol–water partition coefficient (Wildman–Crippen LogP) is 6.14. The molecule has 0 spiro atoms. The SMILES string of the molecule is COCc1ccc(OC(F)(F)F)c(CNC(=O)Nc2c(C)c(OCC3(F)CCN(C(C)(C)C)C3)nn2-c2ccccc2)c1. The molecule has 3 aromatic rings. The van der Waals surface area contributed by atoms with Crippen LogP contribution in [0.25, 0.3) is 5.69 Å². The highest BCUT2D eigenvalue weighted by molar-refractivity contribution is 5.89. The van der Waals surface area contributed by atoms with Crippen molar-refractivity contribution in [1.82, 2.24) is 20.0 Å². The highest BCUT2D eigenvalue weighted by Crippen LogP contribution is 2.34. The Morgan fingerprint density at radius 2 is 1.84 bits per heavy atom. The number of carbonyl (C=O) groups is 1. The summed E-state index contributed by atoms with van der Waals surface area (Å²) in [6.07, 6.45) is -4.58. The molecule has 1 fully saturated rings. The normalized spacial score (nSPS) is 17.6. The zero-order valence-corrected chi connectivity index (χ0v) is 24.8. The van der Waals surface area contributed by atoms with Crippen molar-refractivity contribution in [2.24, 2.45) is 0 Å². The number of likely N-dealkylation sites (tertiary alicyclic amines) is 1. The zero-order chi connectivity index (χ0) is 31.4. The Balaban J connectivity index is 1.52. The molecule has 1 aromatic heterocycles. The molecule has 2 heterocycles. The van der Waals surface area contributed by atoms with Gasteiger partial charge in [0.1, 0.15) is 18.2 Å². The highest BCUT2D eigenvalue weighted by atomic mass is 19.4. The number of nitrogens with zero attached hydrogens (tertiary/aromatic N) is 3. The molecular formula is C30H37F4N5O4. The number of amides is 2. The number of anilines is 1. The third-order valence-corrected chi connectivity index (χ3v) is 7.13. The molecule has 1 unspecified atom stereocenters. The van der Waals surface area contributed by atoms with Crippen molar-refractivity contribution < 1.29 is 36.6 Å². The zero-order valence-electron chi connectivity index (χ0n) is 24.8. The summed E-state index contributed by atoms with van der Waals surface area (Å²) in [6, 6.07) is 12.3. The van der Waals surface area contributed by atoms with E-state index in [2.05, 4.69) is 25.4 Å². The molecule has 43 heavy (non-hydrogen) atoms. The summed E-state index contributed by atoms with van der Waals surface area (Å²) in [7, 11) is 1.46. The number of urea groups is 1. The third-order valence-electron chi connectivity index (χ3n) is 7.13. The Morgan fingerprint density at radius 3 is 2.47 bits per heavy atom. The van der Waals surface area contributed by atoms with Gasteiger partial charge in [-0.1, -0.05) is 24.3 Å². The van der Waals surface area contributed by atoms with Gasteiger partial charge in [0, 0.05) is 37.8 Å². The Bertz CT molecular complexity index is 1410. The first kappa shape index (κ1) is 32.1. The summed E-state index contributed by atoms with van der Waals surface area (Å²) >= 11 is 0. The van der Waals surface area contributed by atoms with Gasteiger partial charge in [0.25, 0.3) is 0 Å². The van der Waals surface area contributed by atoms with Crippen molar-refractivity contribution in [2.75, 3.05) is 32.1 Å². The number of rotatable bonds is 10. The Hall–Kier alpha value is -3.84. The molecular weight excluding hydrogens is 570 g/mol. The first-order valence-electron chi connectivity index (χ1n) is 13.8. The van der Waals surface area contributed by atoms with Crippen molar-refractivity contribution in [3.05, 3.63) is 65.2 Å². The van der Waals surface area contributed by atoms with E-state index in [0.717, 1.165) is 0 Å². The monoisotopic (exact) mass is 607 g/mol. The maximum Gasteiger partial charge on any atom is 0.573 e. The van der Waals surface area contributed by atoms with Gasteiger partial charge in [-0.15, -0.1) is 18.3 Å². The fourth-order valence-corrected chi connectivity index (χ4v) is 4.82. The van der Waals surface area contributed by atoms with Crippen LogP contribution in [0, 0.1) is 6.92 Å². The number of nitrogens with one attached hydrogen (secondary N) is 2. The van der Waals surface area contributed by atoms with Crippen molar-refractivity contribution in [1.29, 1.82) is 0 Å². The van der Waals surface area contributed by atoms with Gasteiger partial charge in [-0.2, -0.15) is 0 Å². The van der Waals surface area contributed by atoms with E-state index in [1.807, 2.05) is 26.8 Å². The molecule has 2 aromatic carbocycles. The van der Waals surface area contributed by atoms with Crippen molar-refractivity contribution in [2.45, 2.75) is 64.8 Å². The van der Waals surface area contributed by atoms with E-state index in [1.165, 1.54) is 30.0 Å². The van der Waals surface area contributed by atoms with Gasteiger partial charge in [-0.3, -0.25) is 10.2 Å². The largest absolute Gasteiger partial charge is 0.573 e. The molecule has 1 saturated heterocycles. The minimum absolute atomic E-state index is 0.105. The van der Waals surface area contributed by atoms with Crippen LogP contribution in [0.5, 0.6) is 11.6 Å². The summed E-state index contributed by atoms with van der Waals surface area (Å²) in [5.74, 6) is -0.0290. The van der Waals surface area contributed by atoms with E-state index in [4.69, 9.17) is 9.47 Å². The molecule has 2 amide bonds. The van der Waals surface area contributed by atoms with Crippen LogP contribution >= 0.6 is 0 Å². The minimum Gasteiger partial charge on any atom is -0.473 e. The van der Waals surface area contributed by atoms with E-state index in [-0.39, 0.29) is 49.1 Å². The van der Waals surface area contributed by atoms with E-state index >= 15 is 4.39 Å². The molecule has 13 heteroatoms. The number of aromatic nitrogens is 2. The van der Waals surface area contributed by atoms with Crippen LogP contribution in [0.15, 0.2) is 48.5 Å². The summed E-state index contributed by atoms with van der Waals surface area (Å²) in [5.41, 5.74) is 0.0406. The number of carbonyl (C=O) groups excluding carboxylic acids is 1. The molecule has 1 aliphatic rings. The topological polar surface area (TPSA) is 89.9 Å². The van der Waals surface area contributed by atoms with Crippen LogP contribution in [0.4, 0.5) is 28.2 Å². The lowest BCUT2D eigenvalue weighted by Gasteiger charge is -2.32.